The first-order valence-corrected chi connectivity index (χ1v) is 8.03. The van der Waals surface area contributed by atoms with Gasteiger partial charge in [0, 0.05) is 0 Å². The van der Waals surface area contributed by atoms with Crippen LogP contribution in [-0.4, -0.2) is 29.5 Å². The van der Waals surface area contributed by atoms with Crippen LogP contribution in [0.15, 0.2) is 60.2 Å². The lowest BCUT2D eigenvalue weighted by Crippen LogP contribution is -2.32. The van der Waals surface area contributed by atoms with Gasteiger partial charge in [-0.15, -0.1) is 0 Å². The van der Waals surface area contributed by atoms with Gasteiger partial charge in [-0.2, -0.15) is 0 Å². The highest BCUT2D eigenvalue weighted by Crippen LogP contribution is 2.24. The van der Waals surface area contributed by atoms with Crippen LogP contribution in [-0.2, 0) is 4.84 Å². The van der Waals surface area contributed by atoms with E-state index in [0.717, 1.165) is 5.57 Å². The van der Waals surface area contributed by atoms with E-state index in [9.17, 15) is 14.4 Å². The number of rotatable bonds is 5. The van der Waals surface area contributed by atoms with Crippen molar-refractivity contribution in [1.29, 1.82) is 0 Å². The number of nitrogens with zero attached hydrogens (tertiary/aromatic N) is 1. The molecule has 0 atom stereocenters. The summed E-state index contributed by atoms with van der Waals surface area (Å²) >= 11 is 0. The second-order valence-corrected chi connectivity index (χ2v) is 5.95. The highest BCUT2D eigenvalue weighted by molar-refractivity contribution is 6.21. The fourth-order valence-electron chi connectivity index (χ4n) is 2.40. The molecule has 0 aromatic heterocycles. The molecule has 0 spiro atoms. The summed E-state index contributed by atoms with van der Waals surface area (Å²) in [6, 6.07) is 12.7. The fourth-order valence-corrected chi connectivity index (χ4v) is 2.40. The SMILES string of the molecule is CC(C)=CCOc1cccc(C(=O)ON2C(=O)c3ccccc3C2=O)c1. The first kappa shape index (κ1) is 17.4. The van der Waals surface area contributed by atoms with E-state index in [4.69, 9.17) is 9.57 Å². The zero-order valence-electron chi connectivity index (χ0n) is 14.4. The monoisotopic (exact) mass is 351 g/mol. The van der Waals surface area contributed by atoms with E-state index < -0.39 is 17.8 Å². The summed E-state index contributed by atoms with van der Waals surface area (Å²) in [5, 5.41) is 0.490. The Kier molecular flexibility index (Phi) is 4.84. The summed E-state index contributed by atoms with van der Waals surface area (Å²) < 4.78 is 5.54. The molecule has 0 saturated carbocycles. The lowest BCUT2D eigenvalue weighted by Gasteiger charge is -2.13. The Labute approximate surface area is 150 Å². The van der Waals surface area contributed by atoms with Crippen molar-refractivity contribution in [2.75, 3.05) is 6.61 Å². The van der Waals surface area contributed by atoms with Crippen LogP contribution in [0.4, 0.5) is 0 Å². The van der Waals surface area contributed by atoms with Crippen molar-refractivity contribution in [2.45, 2.75) is 13.8 Å². The zero-order valence-corrected chi connectivity index (χ0v) is 14.4. The van der Waals surface area contributed by atoms with Crippen molar-refractivity contribution < 1.29 is 24.0 Å². The number of hydrogen-bond acceptors (Lipinski definition) is 5. The molecule has 1 aliphatic rings. The summed E-state index contributed by atoms with van der Waals surface area (Å²) in [7, 11) is 0. The lowest BCUT2D eigenvalue weighted by molar-refractivity contribution is -0.0584. The average molecular weight is 351 g/mol. The van der Waals surface area contributed by atoms with Crippen LogP contribution in [0.2, 0.25) is 0 Å². The van der Waals surface area contributed by atoms with Gasteiger partial charge < -0.3 is 9.57 Å². The molecule has 132 valence electrons. The van der Waals surface area contributed by atoms with Crippen molar-refractivity contribution >= 4 is 17.8 Å². The summed E-state index contributed by atoms with van der Waals surface area (Å²) in [6.07, 6.45) is 1.91. The Bertz CT molecular complexity index is 877. The number of carbonyl (C=O) groups excluding carboxylic acids is 3. The fraction of sp³-hybridized carbons (Fsp3) is 0.150. The topological polar surface area (TPSA) is 72.9 Å². The third kappa shape index (κ3) is 3.49. The Morgan fingerprint density at radius 2 is 1.65 bits per heavy atom. The molecule has 0 unspecified atom stereocenters. The number of hydroxylamine groups is 2. The molecule has 0 radical (unpaired) electrons. The Morgan fingerprint density at radius 3 is 2.27 bits per heavy atom. The van der Waals surface area contributed by atoms with Crippen LogP contribution in [0.25, 0.3) is 0 Å². The molecule has 0 aliphatic carbocycles. The van der Waals surface area contributed by atoms with Crippen LogP contribution in [0.1, 0.15) is 44.9 Å². The minimum absolute atomic E-state index is 0.177. The molecule has 2 aromatic carbocycles. The maximum absolute atomic E-state index is 12.3. The largest absolute Gasteiger partial charge is 0.490 e. The molecule has 0 N–H and O–H groups in total. The van der Waals surface area contributed by atoms with Crippen LogP contribution >= 0.6 is 0 Å². The summed E-state index contributed by atoms with van der Waals surface area (Å²) in [6.45, 7) is 4.29. The molecule has 6 nitrogen and oxygen atoms in total. The minimum atomic E-state index is -0.813. The van der Waals surface area contributed by atoms with Gasteiger partial charge in [-0.25, -0.2) is 4.79 Å². The van der Waals surface area contributed by atoms with Gasteiger partial charge in [-0.05, 0) is 50.3 Å². The lowest BCUT2D eigenvalue weighted by atomic mass is 10.1. The van der Waals surface area contributed by atoms with Crippen molar-refractivity contribution in [1.82, 2.24) is 5.06 Å². The smallest absolute Gasteiger partial charge is 0.364 e. The molecule has 3 rings (SSSR count). The van der Waals surface area contributed by atoms with Gasteiger partial charge in [-0.1, -0.05) is 28.8 Å². The normalized spacial score (nSPS) is 12.6. The molecule has 26 heavy (non-hydrogen) atoms. The van der Waals surface area contributed by atoms with E-state index in [-0.39, 0.29) is 16.7 Å². The second kappa shape index (κ2) is 7.23. The second-order valence-electron chi connectivity index (χ2n) is 5.95. The highest BCUT2D eigenvalue weighted by atomic mass is 16.7. The molecule has 1 aliphatic heterocycles. The predicted molar refractivity (Wildman–Crippen MR) is 93.7 cm³/mol. The zero-order chi connectivity index (χ0) is 18.7. The number of amides is 2. The van der Waals surface area contributed by atoms with Gasteiger partial charge in [0.1, 0.15) is 12.4 Å². The van der Waals surface area contributed by atoms with E-state index in [1.807, 2.05) is 19.9 Å². The van der Waals surface area contributed by atoms with Crippen LogP contribution in [0.3, 0.4) is 0 Å². The summed E-state index contributed by atoms with van der Waals surface area (Å²) in [4.78, 5) is 41.9. The maximum atomic E-state index is 12.3. The van der Waals surface area contributed by atoms with E-state index in [1.165, 1.54) is 24.3 Å². The standard InChI is InChI=1S/C20H17NO5/c1-13(2)10-11-25-15-7-5-6-14(12-15)20(24)26-21-18(22)16-8-3-4-9-17(16)19(21)23/h3-10,12H,11H2,1-2H3. The van der Waals surface area contributed by atoms with Crippen molar-refractivity contribution in [3.63, 3.8) is 0 Å². The molecular weight excluding hydrogens is 334 g/mol. The van der Waals surface area contributed by atoms with Gasteiger partial charge in [-0.3, -0.25) is 9.59 Å². The summed E-state index contributed by atoms with van der Waals surface area (Å²) in [5.74, 6) is -1.64. The van der Waals surface area contributed by atoms with Gasteiger partial charge >= 0.3 is 5.97 Å². The number of carbonyl (C=O) groups is 3. The Morgan fingerprint density at radius 1 is 1.00 bits per heavy atom. The first-order valence-electron chi connectivity index (χ1n) is 8.03. The molecule has 2 amide bonds. The first-order chi connectivity index (χ1) is 12.5. The van der Waals surface area contributed by atoms with Crippen LogP contribution in [0, 0.1) is 0 Å². The van der Waals surface area contributed by atoms with Gasteiger partial charge in [0.05, 0.1) is 16.7 Å². The molecule has 1 heterocycles. The predicted octanol–water partition coefficient (Wildman–Crippen LogP) is 3.40. The number of benzene rings is 2. The third-order valence-electron chi connectivity index (χ3n) is 3.74. The Balaban J connectivity index is 1.72. The number of hydrogen-bond donors (Lipinski definition) is 0. The molecule has 0 bridgehead atoms. The minimum Gasteiger partial charge on any atom is -0.490 e. The molecule has 0 saturated heterocycles. The molecule has 2 aromatic rings. The third-order valence-corrected chi connectivity index (χ3v) is 3.74. The van der Waals surface area contributed by atoms with Gasteiger partial charge in [0.25, 0.3) is 11.8 Å². The van der Waals surface area contributed by atoms with Gasteiger partial charge in [0.15, 0.2) is 0 Å². The van der Waals surface area contributed by atoms with E-state index >= 15 is 0 Å². The van der Waals surface area contributed by atoms with Gasteiger partial charge in [0.2, 0.25) is 0 Å². The van der Waals surface area contributed by atoms with Crippen molar-refractivity contribution in [2.24, 2.45) is 0 Å². The van der Waals surface area contributed by atoms with Crippen molar-refractivity contribution in [3.8, 4) is 5.75 Å². The molecule has 6 heteroatoms. The molecule has 0 fully saturated rings. The summed E-state index contributed by atoms with van der Waals surface area (Å²) in [5.41, 5.74) is 1.72. The van der Waals surface area contributed by atoms with E-state index in [0.29, 0.717) is 17.4 Å². The van der Waals surface area contributed by atoms with E-state index in [1.54, 1.807) is 24.3 Å². The number of imide groups is 1. The van der Waals surface area contributed by atoms with E-state index in [2.05, 4.69) is 0 Å². The number of allylic oxidation sites excluding steroid dienone is 1. The number of fused-ring (bicyclic) bond motifs is 1. The Hall–Kier alpha value is -3.41. The maximum Gasteiger partial charge on any atom is 0.364 e. The quantitative estimate of drug-likeness (QED) is 0.610. The molecular formula is C20H17NO5. The van der Waals surface area contributed by atoms with Crippen molar-refractivity contribution in [3.05, 3.63) is 76.9 Å². The average Bonchev–Trinajstić information content (AvgIpc) is 2.87. The number of ether oxygens (including phenoxy) is 1. The van der Waals surface area contributed by atoms with Crippen LogP contribution < -0.4 is 4.74 Å². The van der Waals surface area contributed by atoms with Crippen LogP contribution in [0.5, 0.6) is 5.75 Å². The highest BCUT2D eigenvalue weighted by Gasteiger charge is 2.38.